The molecule has 4 rings (SSSR count). The fraction of sp³-hybridized carbons (Fsp3) is 0.524. The van der Waals surface area contributed by atoms with E-state index in [4.69, 9.17) is 4.74 Å². The minimum Gasteiger partial charge on any atom is -0.480 e. The largest absolute Gasteiger partial charge is 0.480 e. The summed E-state index contributed by atoms with van der Waals surface area (Å²) >= 11 is 0. The molecule has 2 fully saturated rings. The van der Waals surface area contributed by atoms with Crippen LogP contribution in [-0.2, 0) is 14.3 Å². The number of amides is 1. The number of carboxylic acid groups (broad SMARTS) is 1. The smallest absolute Gasteiger partial charge is 0.325 e. The van der Waals surface area contributed by atoms with Crippen LogP contribution in [0.15, 0.2) is 30.5 Å². The number of piperazine rings is 1. The second kappa shape index (κ2) is 8.94. The summed E-state index contributed by atoms with van der Waals surface area (Å²) in [4.78, 5) is 31.5. The molecule has 2 atom stereocenters. The molecule has 0 saturated carbocycles. The van der Waals surface area contributed by atoms with Crippen molar-refractivity contribution in [1.29, 1.82) is 0 Å². The molecule has 1 aromatic heterocycles. The van der Waals surface area contributed by atoms with Gasteiger partial charge in [0, 0.05) is 62.0 Å². The zero-order valence-electron chi connectivity index (χ0n) is 16.5. The fourth-order valence-corrected chi connectivity index (χ4v) is 4.28. The van der Waals surface area contributed by atoms with E-state index in [2.05, 4.69) is 15.2 Å². The minimum atomic E-state index is -0.850. The lowest BCUT2D eigenvalue weighted by atomic mass is 10.0. The molecular weight excluding hydrogens is 372 g/mol. The van der Waals surface area contributed by atoms with E-state index in [1.165, 1.54) is 0 Å². The van der Waals surface area contributed by atoms with Gasteiger partial charge in [-0.05, 0) is 18.9 Å². The van der Waals surface area contributed by atoms with Crippen LogP contribution in [0.3, 0.4) is 0 Å². The Balaban J connectivity index is 1.32. The van der Waals surface area contributed by atoms with Gasteiger partial charge in [0.1, 0.15) is 6.04 Å². The first-order chi connectivity index (χ1) is 14.1. The topological polar surface area (TPSA) is 97.9 Å². The number of aromatic nitrogens is 1. The summed E-state index contributed by atoms with van der Waals surface area (Å²) in [5.41, 5.74) is 1.73. The molecule has 8 heteroatoms. The molecule has 3 heterocycles. The van der Waals surface area contributed by atoms with Crippen molar-refractivity contribution in [2.75, 3.05) is 45.9 Å². The summed E-state index contributed by atoms with van der Waals surface area (Å²) in [5.74, 6) is -0.849. The van der Waals surface area contributed by atoms with Crippen LogP contribution < -0.4 is 5.32 Å². The van der Waals surface area contributed by atoms with Crippen molar-refractivity contribution < 1.29 is 19.4 Å². The Hall–Kier alpha value is -2.42. The van der Waals surface area contributed by atoms with Crippen molar-refractivity contribution in [2.24, 2.45) is 0 Å². The lowest BCUT2D eigenvalue weighted by molar-refractivity contribution is -0.144. The van der Waals surface area contributed by atoms with Crippen molar-refractivity contribution >= 4 is 22.8 Å². The number of carbonyl (C=O) groups excluding carboxylic acids is 1. The minimum absolute atomic E-state index is 0.000336. The van der Waals surface area contributed by atoms with E-state index in [1.54, 1.807) is 6.20 Å². The first-order valence-corrected chi connectivity index (χ1v) is 10.3. The van der Waals surface area contributed by atoms with E-state index < -0.39 is 12.0 Å². The van der Waals surface area contributed by atoms with Crippen molar-refractivity contribution in [3.63, 3.8) is 0 Å². The van der Waals surface area contributed by atoms with E-state index >= 15 is 0 Å². The van der Waals surface area contributed by atoms with E-state index in [1.807, 2.05) is 29.2 Å². The number of hydrogen-bond donors (Lipinski definition) is 3. The van der Waals surface area contributed by atoms with Gasteiger partial charge in [0.25, 0.3) is 0 Å². The Morgan fingerprint density at radius 3 is 2.76 bits per heavy atom. The number of benzene rings is 1. The second-order valence-electron chi connectivity index (χ2n) is 7.78. The third-order valence-electron chi connectivity index (χ3n) is 5.84. The third kappa shape index (κ3) is 4.60. The Labute approximate surface area is 169 Å². The zero-order valence-corrected chi connectivity index (χ0v) is 16.5. The lowest BCUT2D eigenvalue weighted by Crippen LogP contribution is -2.51. The maximum Gasteiger partial charge on any atom is 0.325 e. The van der Waals surface area contributed by atoms with Crippen molar-refractivity contribution in [3.05, 3.63) is 36.0 Å². The van der Waals surface area contributed by atoms with Crippen molar-refractivity contribution in [1.82, 2.24) is 20.1 Å². The average Bonchev–Trinajstić information content (AvgIpc) is 3.38. The summed E-state index contributed by atoms with van der Waals surface area (Å²) in [6, 6.07) is 7.06. The standard InChI is InChI=1S/C21H28N4O4/c26-19(23-12-15-4-3-11-29-15)14-24-7-9-25(10-8-24)20(21(27)28)17-13-22-18-6-2-1-5-16(17)18/h1-2,5-6,13,15,20,22H,3-4,7-12,14H2,(H,23,26)(H,27,28)/t15-,20-/m1/s1. The molecule has 0 unspecified atom stereocenters. The SMILES string of the molecule is O=C(CN1CCN([C@@H](C(=O)O)c2c[nH]c3ccccc23)CC1)NC[C@H]1CCCO1. The van der Waals surface area contributed by atoms with Gasteiger partial charge in [-0.15, -0.1) is 0 Å². The second-order valence-corrected chi connectivity index (χ2v) is 7.78. The number of carboxylic acids is 1. The van der Waals surface area contributed by atoms with Gasteiger partial charge in [0.05, 0.1) is 12.6 Å². The van der Waals surface area contributed by atoms with E-state index in [0.29, 0.717) is 39.3 Å². The fourth-order valence-electron chi connectivity index (χ4n) is 4.28. The lowest BCUT2D eigenvalue weighted by Gasteiger charge is -2.37. The molecule has 1 aromatic carbocycles. The molecule has 1 amide bonds. The van der Waals surface area contributed by atoms with Gasteiger partial charge in [0.15, 0.2) is 0 Å². The maximum atomic E-state index is 12.2. The molecule has 2 aliphatic rings. The van der Waals surface area contributed by atoms with Crippen LogP contribution in [0.5, 0.6) is 0 Å². The highest BCUT2D eigenvalue weighted by Crippen LogP contribution is 2.29. The Morgan fingerprint density at radius 1 is 1.24 bits per heavy atom. The highest BCUT2D eigenvalue weighted by molar-refractivity contribution is 5.89. The van der Waals surface area contributed by atoms with Crippen molar-refractivity contribution in [3.8, 4) is 0 Å². The average molecular weight is 400 g/mol. The number of rotatable bonds is 7. The van der Waals surface area contributed by atoms with Gasteiger partial charge in [-0.2, -0.15) is 0 Å². The number of aliphatic carboxylic acids is 1. The molecule has 2 saturated heterocycles. The first kappa shape index (κ1) is 19.9. The van der Waals surface area contributed by atoms with E-state index in [9.17, 15) is 14.7 Å². The van der Waals surface area contributed by atoms with Crippen molar-refractivity contribution in [2.45, 2.75) is 25.0 Å². The third-order valence-corrected chi connectivity index (χ3v) is 5.84. The maximum absolute atomic E-state index is 12.2. The summed E-state index contributed by atoms with van der Waals surface area (Å²) in [7, 11) is 0. The summed E-state index contributed by atoms with van der Waals surface area (Å²) in [6.45, 7) is 4.24. The van der Waals surface area contributed by atoms with E-state index in [0.717, 1.165) is 35.9 Å². The van der Waals surface area contributed by atoms with Crippen LogP contribution in [0.1, 0.15) is 24.4 Å². The molecule has 0 bridgehead atoms. The van der Waals surface area contributed by atoms with Crippen LogP contribution in [0, 0.1) is 0 Å². The monoisotopic (exact) mass is 400 g/mol. The summed E-state index contributed by atoms with van der Waals surface area (Å²) in [6.07, 6.45) is 4.00. The van der Waals surface area contributed by atoms with Crippen LogP contribution in [0.4, 0.5) is 0 Å². The quantitative estimate of drug-likeness (QED) is 0.646. The molecular formula is C21H28N4O4. The number of para-hydroxylation sites is 1. The number of hydrogen-bond acceptors (Lipinski definition) is 5. The molecule has 0 aliphatic carbocycles. The molecule has 3 N–H and O–H groups in total. The zero-order chi connectivity index (χ0) is 20.2. The summed E-state index contributed by atoms with van der Waals surface area (Å²) < 4.78 is 5.53. The number of aromatic amines is 1. The highest BCUT2D eigenvalue weighted by atomic mass is 16.5. The van der Waals surface area contributed by atoms with E-state index in [-0.39, 0.29) is 12.0 Å². The van der Waals surface area contributed by atoms with Gasteiger partial charge < -0.3 is 20.1 Å². The number of nitrogens with one attached hydrogen (secondary N) is 2. The Bertz CT molecular complexity index is 853. The molecule has 8 nitrogen and oxygen atoms in total. The normalized spacial score (nSPS) is 22.0. The Kier molecular flexibility index (Phi) is 6.13. The predicted molar refractivity (Wildman–Crippen MR) is 109 cm³/mol. The number of carbonyl (C=O) groups is 2. The molecule has 2 aromatic rings. The number of H-pyrrole nitrogens is 1. The van der Waals surface area contributed by atoms with Crippen LogP contribution in [0.2, 0.25) is 0 Å². The predicted octanol–water partition coefficient (Wildman–Crippen LogP) is 1.21. The van der Waals surface area contributed by atoms with Gasteiger partial charge in [-0.1, -0.05) is 18.2 Å². The van der Waals surface area contributed by atoms with Crippen LogP contribution in [-0.4, -0.2) is 83.7 Å². The van der Waals surface area contributed by atoms with Crippen LogP contribution in [0.25, 0.3) is 10.9 Å². The van der Waals surface area contributed by atoms with Gasteiger partial charge in [0.2, 0.25) is 5.91 Å². The van der Waals surface area contributed by atoms with Gasteiger partial charge in [-0.3, -0.25) is 19.4 Å². The number of fused-ring (bicyclic) bond motifs is 1. The summed E-state index contributed by atoms with van der Waals surface area (Å²) in [5, 5.41) is 13.8. The number of nitrogens with zero attached hydrogens (tertiary/aromatic N) is 2. The molecule has 29 heavy (non-hydrogen) atoms. The number of ether oxygens (including phenoxy) is 1. The van der Waals surface area contributed by atoms with Gasteiger partial charge in [-0.25, -0.2) is 0 Å². The van der Waals surface area contributed by atoms with Crippen LogP contribution >= 0.6 is 0 Å². The molecule has 156 valence electrons. The molecule has 0 spiro atoms. The first-order valence-electron chi connectivity index (χ1n) is 10.3. The Morgan fingerprint density at radius 2 is 2.03 bits per heavy atom. The van der Waals surface area contributed by atoms with Gasteiger partial charge >= 0.3 is 5.97 Å². The molecule has 2 aliphatic heterocycles. The molecule has 0 radical (unpaired) electrons. The highest BCUT2D eigenvalue weighted by Gasteiger charge is 2.32.